The van der Waals surface area contributed by atoms with Crippen molar-refractivity contribution in [3.63, 3.8) is 0 Å². The van der Waals surface area contributed by atoms with E-state index in [1.807, 2.05) is 0 Å². The van der Waals surface area contributed by atoms with Crippen molar-refractivity contribution < 1.29 is 14.4 Å². The van der Waals surface area contributed by atoms with Crippen LogP contribution in [0.1, 0.15) is 37.7 Å². The van der Waals surface area contributed by atoms with Crippen LogP contribution in [0.25, 0.3) is 0 Å². The van der Waals surface area contributed by atoms with Gasteiger partial charge >= 0.3 is 0 Å². The number of carbonyl (C=O) groups excluding carboxylic acids is 1. The number of benzene rings is 1. The number of hydrogen-bond acceptors (Lipinski definition) is 3. The average Bonchev–Trinajstić information content (AvgIpc) is 2.47. The fraction of sp³-hybridized carbons (Fsp3) is 0.429. The number of oxime groups is 1. The Morgan fingerprint density at radius 3 is 2.70 bits per heavy atom. The summed E-state index contributed by atoms with van der Waals surface area (Å²) >= 11 is 0. The van der Waals surface area contributed by atoms with Gasteiger partial charge in [-0.1, -0.05) is 30.5 Å². The number of carbonyl (C=O) groups is 1. The first-order chi connectivity index (χ1) is 9.63. The highest BCUT2D eigenvalue weighted by molar-refractivity contribution is 6.06. The van der Waals surface area contributed by atoms with E-state index in [9.17, 15) is 9.18 Å². The molecule has 1 fully saturated rings. The molecule has 0 unspecified atom stereocenters. The zero-order valence-corrected chi connectivity index (χ0v) is 11.1. The molecule has 0 atom stereocenters. The van der Waals surface area contributed by atoms with Crippen LogP contribution in [-0.4, -0.2) is 17.0 Å². The Balaban J connectivity index is 2.20. The quantitative estimate of drug-likeness (QED) is 0.344. The number of nitrogens with zero attached hydrogens (tertiary/aromatic N) is 1. The molecule has 0 saturated heterocycles. The summed E-state index contributed by atoms with van der Waals surface area (Å²) in [5, 5.41) is 14.2. The summed E-state index contributed by atoms with van der Waals surface area (Å²) < 4.78 is 13.8. The summed E-state index contributed by atoms with van der Waals surface area (Å²) in [6.07, 6.45) is 4.92. The van der Waals surface area contributed by atoms with Crippen LogP contribution in [0.2, 0.25) is 0 Å². The van der Waals surface area contributed by atoms with Crippen LogP contribution in [0.15, 0.2) is 23.4 Å². The fourth-order valence-electron chi connectivity index (χ4n) is 2.54. The van der Waals surface area contributed by atoms with Gasteiger partial charge in [-0.3, -0.25) is 4.79 Å². The van der Waals surface area contributed by atoms with Gasteiger partial charge in [0, 0.05) is 5.92 Å². The lowest BCUT2D eigenvalue weighted by atomic mass is 9.88. The predicted octanol–water partition coefficient (Wildman–Crippen LogP) is 2.44. The van der Waals surface area contributed by atoms with Crippen molar-refractivity contribution >= 4 is 17.4 Å². The molecule has 108 valence electrons. The van der Waals surface area contributed by atoms with Crippen molar-refractivity contribution in [2.75, 3.05) is 5.32 Å². The Hall–Kier alpha value is -2.11. The van der Waals surface area contributed by atoms with Crippen LogP contribution < -0.4 is 11.1 Å². The van der Waals surface area contributed by atoms with Crippen molar-refractivity contribution in [3.05, 3.63) is 29.6 Å². The first-order valence-electron chi connectivity index (χ1n) is 6.70. The van der Waals surface area contributed by atoms with Gasteiger partial charge in [-0.05, 0) is 25.0 Å². The number of rotatable bonds is 3. The van der Waals surface area contributed by atoms with Crippen molar-refractivity contribution in [1.82, 2.24) is 0 Å². The lowest BCUT2D eigenvalue weighted by Crippen LogP contribution is -2.27. The molecule has 0 aromatic heterocycles. The summed E-state index contributed by atoms with van der Waals surface area (Å²) in [6, 6.07) is 4.21. The Kier molecular flexibility index (Phi) is 4.55. The summed E-state index contributed by atoms with van der Waals surface area (Å²) in [5.41, 5.74) is 5.61. The fourth-order valence-corrected chi connectivity index (χ4v) is 2.54. The van der Waals surface area contributed by atoms with Crippen LogP contribution in [0.4, 0.5) is 10.1 Å². The summed E-state index contributed by atoms with van der Waals surface area (Å²) in [7, 11) is 0. The molecule has 0 spiro atoms. The maximum absolute atomic E-state index is 13.8. The zero-order chi connectivity index (χ0) is 14.5. The van der Waals surface area contributed by atoms with Crippen molar-refractivity contribution in [1.29, 1.82) is 0 Å². The maximum atomic E-state index is 13.8. The second-order valence-electron chi connectivity index (χ2n) is 4.97. The number of amides is 1. The van der Waals surface area contributed by atoms with Gasteiger partial charge in [-0.15, -0.1) is 0 Å². The van der Waals surface area contributed by atoms with E-state index in [0.29, 0.717) is 0 Å². The molecule has 1 amide bonds. The third-order valence-corrected chi connectivity index (χ3v) is 3.61. The molecule has 4 N–H and O–H groups in total. The molecule has 6 heteroatoms. The van der Waals surface area contributed by atoms with Gasteiger partial charge < -0.3 is 16.3 Å². The molecule has 20 heavy (non-hydrogen) atoms. The molecule has 2 rings (SSSR count). The summed E-state index contributed by atoms with van der Waals surface area (Å²) in [6.45, 7) is 0. The molecule has 1 aliphatic carbocycles. The van der Waals surface area contributed by atoms with Crippen LogP contribution in [0, 0.1) is 11.7 Å². The van der Waals surface area contributed by atoms with Gasteiger partial charge in [-0.2, -0.15) is 0 Å². The molecule has 1 aromatic rings. The molecule has 0 bridgehead atoms. The molecule has 1 saturated carbocycles. The predicted molar refractivity (Wildman–Crippen MR) is 74.1 cm³/mol. The van der Waals surface area contributed by atoms with E-state index < -0.39 is 5.82 Å². The van der Waals surface area contributed by atoms with Gasteiger partial charge in [0.25, 0.3) is 0 Å². The average molecular weight is 279 g/mol. The molecule has 0 aliphatic heterocycles. The van der Waals surface area contributed by atoms with E-state index >= 15 is 0 Å². The molecule has 5 nitrogen and oxygen atoms in total. The second kappa shape index (κ2) is 6.36. The largest absolute Gasteiger partial charge is 0.409 e. The van der Waals surface area contributed by atoms with E-state index in [2.05, 4.69) is 10.5 Å². The highest BCUT2D eigenvalue weighted by Gasteiger charge is 2.23. The van der Waals surface area contributed by atoms with Gasteiger partial charge in [0.2, 0.25) is 5.91 Å². The number of amidine groups is 1. The first kappa shape index (κ1) is 14.3. The lowest BCUT2D eigenvalue weighted by Gasteiger charge is -2.21. The number of hydrogen-bond donors (Lipinski definition) is 3. The second-order valence-corrected chi connectivity index (χ2v) is 4.97. The van der Waals surface area contributed by atoms with Gasteiger partial charge in [0.15, 0.2) is 5.84 Å². The number of anilines is 1. The minimum atomic E-state index is -0.637. The summed E-state index contributed by atoms with van der Waals surface area (Å²) in [4.78, 5) is 12.2. The van der Waals surface area contributed by atoms with Gasteiger partial charge in [0.1, 0.15) is 5.82 Å². The third kappa shape index (κ3) is 3.07. The maximum Gasteiger partial charge on any atom is 0.227 e. The van der Waals surface area contributed by atoms with Gasteiger partial charge in [0.05, 0.1) is 11.3 Å². The Morgan fingerprint density at radius 2 is 2.05 bits per heavy atom. The number of nitrogens with one attached hydrogen (secondary N) is 1. The smallest absolute Gasteiger partial charge is 0.227 e. The van der Waals surface area contributed by atoms with E-state index in [1.54, 1.807) is 0 Å². The van der Waals surface area contributed by atoms with Gasteiger partial charge in [-0.25, -0.2) is 4.39 Å². The Morgan fingerprint density at radius 1 is 1.35 bits per heavy atom. The Labute approximate surface area is 116 Å². The standard InChI is InChI=1S/C14H18FN3O2/c15-10-7-4-8-11(12(10)13(16)18-20)17-14(19)9-5-2-1-3-6-9/h4,7-9,20H,1-3,5-6H2,(H2,16,18)(H,17,19). The van der Waals surface area contributed by atoms with Crippen LogP contribution in [0.3, 0.4) is 0 Å². The SMILES string of the molecule is N/C(=N/O)c1c(F)cccc1NC(=O)C1CCCCC1. The Bertz CT molecular complexity index is 525. The highest BCUT2D eigenvalue weighted by Crippen LogP contribution is 2.26. The van der Waals surface area contributed by atoms with E-state index in [-0.39, 0.29) is 28.9 Å². The monoisotopic (exact) mass is 279 g/mol. The zero-order valence-electron chi connectivity index (χ0n) is 11.1. The normalized spacial score (nSPS) is 16.9. The van der Waals surface area contributed by atoms with E-state index in [0.717, 1.165) is 32.1 Å². The highest BCUT2D eigenvalue weighted by atomic mass is 19.1. The van der Waals surface area contributed by atoms with Crippen LogP contribution in [-0.2, 0) is 4.79 Å². The van der Waals surface area contributed by atoms with Crippen molar-refractivity contribution in [2.45, 2.75) is 32.1 Å². The number of halogens is 1. The van der Waals surface area contributed by atoms with E-state index in [4.69, 9.17) is 10.9 Å². The van der Waals surface area contributed by atoms with Crippen molar-refractivity contribution in [2.24, 2.45) is 16.8 Å². The van der Waals surface area contributed by atoms with E-state index in [1.165, 1.54) is 18.2 Å². The molecule has 1 aromatic carbocycles. The summed E-state index contributed by atoms with van der Waals surface area (Å²) in [5.74, 6) is -1.18. The molecule has 1 aliphatic rings. The molecular formula is C14H18FN3O2. The topological polar surface area (TPSA) is 87.7 Å². The van der Waals surface area contributed by atoms with Crippen LogP contribution in [0.5, 0.6) is 0 Å². The number of nitrogens with two attached hydrogens (primary N) is 1. The molecule has 0 heterocycles. The molecular weight excluding hydrogens is 261 g/mol. The first-order valence-corrected chi connectivity index (χ1v) is 6.70. The minimum absolute atomic E-state index is 0.0489. The van der Waals surface area contributed by atoms with Crippen molar-refractivity contribution in [3.8, 4) is 0 Å². The third-order valence-electron chi connectivity index (χ3n) is 3.61. The lowest BCUT2D eigenvalue weighted by molar-refractivity contribution is -0.120. The molecule has 0 radical (unpaired) electrons. The minimum Gasteiger partial charge on any atom is -0.409 e. The van der Waals surface area contributed by atoms with Crippen LogP contribution >= 0.6 is 0 Å².